The molecule has 0 aromatic heterocycles. The summed E-state index contributed by atoms with van der Waals surface area (Å²) in [6, 6.07) is 8.28. The predicted octanol–water partition coefficient (Wildman–Crippen LogP) is 1.87. The molecule has 0 saturated heterocycles. The maximum Gasteiger partial charge on any atom is 0.121 e. The molecule has 3 heteroatoms. The fraction of sp³-hybridized carbons (Fsp3) is 0.571. The van der Waals surface area contributed by atoms with Gasteiger partial charge in [0.1, 0.15) is 5.60 Å². The van der Waals surface area contributed by atoms with E-state index in [1.807, 2.05) is 12.1 Å². The molecule has 17 heavy (non-hydrogen) atoms. The average Bonchev–Trinajstić information content (AvgIpc) is 2.39. The lowest BCUT2D eigenvalue weighted by Crippen LogP contribution is -2.46. The summed E-state index contributed by atoms with van der Waals surface area (Å²) in [4.78, 5) is 0. The molecule has 0 aliphatic heterocycles. The van der Waals surface area contributed by atoms with E-state index in [-0.39, 0.29) is 12.7 Å². The van der Waals surface area contributed by atoms with Crippen molar-refractivity contribution in [1.82, 2.24) is 0 Å². The van der Waals surface area contributed by atoms with Crippen molar-refractivity contribution < 1.29 is 14.6 Å². The van der Waals surface area contributed by atoms with Gasteiger partial charge in [-0.05, 0) is 24.0 Å². The van der Waals surface area contributed by atoms with Gasteiger partial charge in [-0.3, -0.25) is 0 Å². The van der Waals surface area contributed by atoms with E-state index in [9.17, 15) is 5.11 Å². The number of hydrogen-bond donors (Lipinski definition) is 1. The summed E-state index contributed by atoms with van der Waals surface area (Å²) in [5.74, 6) is 0. The van der Waals surface area contributed by atoms with Gasteiger partial charge >= 0.3 is 0 Å². The van der Waals surface area contributed by atoms with Crippen LogP contribution in [0.2, 0.25) is 0 Å². The fourth-order valence-corrected chi connectivity index (χ4v) is 2.96. The monoisotopic (exact) mass is 236 g/mol. The van der Waals surface area contributed by atoms with Gasteiger partial charge in [0.15, 0.2) is 0 Å². The van der Waals surface area contributed by atoms with Crippen molar-refractivity contribution in [3.63, 3.8) is 0 Å². The summed E-state index contributed by atoms with van der Waals surface area (Å²) in [6.45, 7) is 0.0992. The van der Waals surface area contributed by atoms with Crippen molar-refractivity contribution in [3.8, 4) is 0 Å². The molecule has 0 fully saturated rings. The van der Waals surface area contributed by atoms with Gasteiger partial charge in [0.25, 0.3) is 0 Å². The third kappa shape index (κ3) is 1.99. The highest BCUT2D eigenvalue weighted by atomic mass is 16.5. The highest BCUT2D eigenvalue weighted by molar-refractivity contribution is 5.36. The molecule has 2 rings (SSSR count). The van der Waals surface area contributed by atoms with Crippen LogP contribution in [0.15, 0.2) is 24.3 Å². The first-order valence-corrected chi connectivity index (χ1v) is 6.05. The summed E-state index contributed by atoms with van der Waals surface area (Å²) in [6.07, 6.45) is 2.51. The Bertz CT molecular complexity index is 377. The third-order valence-corrected chi connectivity index (χ3v) is 3.80. The number of aliphatic hydroxyl groups excluding tert-OH is 1. The zero-order valence-electron chi connectivity index (χ0n) is 10.5. The second-order valence-corrected chi connectivity index (χ2v) is 4.49. The molecule has 2 atom stereocenters. The SMILES string of the molecule is CO[C@H]1CCc2ccccc2[C@@]1(CCO)OC. The van der Waals surface area contributed by atoms with E-state index in [1.54, 1.807) is 14.2 Å². The van der Waals surface area contributed by atoms with Crippen LogP contribution in [0.3, 0.4) is 0 Å². The van der Waals surface area contributed by atoms with Gasteiger partial charge < -0.3 is 14.6 Å². The molecule has 0 unspecified atom stereocenters. The maximum absolute atomic E-state index is 9.32. The highest BCUT2D eigenvalue weighted by Crippen LogP contribution is 2.41. The van der Waals surface area contributed by atoms with Crippen LogP contribution in [0.4, 0.5) is 0 Å². The van der Waals surface area contributed by atoms with Crippen LogP contribution in [0.5, 0.6) is 0 Å². The van der Waals surface area contributed by atoms with Crippen LogP contribution in [0.1, 0.15) is 24.0 Å². The Hall–Kier alpha value is -0.900. The Morgan fingerprint density at radius 2 is 2.12 bits per heavy atom. The van der Waals surface area contributed by atoms with Crippen molar-refractivity contribution >= 4 is 0 Å². The van der Waals surface area contributed by atoms with Crippen molar-refractivity contribution in [3.05, 3.63) is 35.4 Å². The Labute approximate surface area is 102 Å². The van der Waals surface area contributed by atoms with Crippen LogP contribution in [-0.2, 0) is 21.5 Å². The van der Waals surface area contributed by atoms with Crippen molar-refractivity contribution in [2.45, 2.75) is 31.0 Å². The largest absolute Gasteiger partial charge is 0.396 e. The van der Waals surface area contributed by atoms with E-state index in [4.69, 9.17) is 9.47 Å². The lowest BCUT2D eigenvalue weighted by atomic mass is 9.75. The topological polar surface area (TPSA) is 38.7 Å². The number of aliphatic hydroxyl groups is 1. The summed E-state index contributed by atoms with van der Waals surface area (Å²) < 4.78 is 11.3. The lowest BCUT2D eigenvalue weighted by Gasteiger charge is -2.43. The number of fused-ring (bicyclic) bond motifs is 1. The molecule has 0 amide bonds. The fourth-order valence-electron chi connectivity index (χ4n) is 2.96. The minimum Gasteiger partial charge on any atom is -0.396 e. The molecule has 1 N–H and O–H groups in total. The van der Waals surface area contributed by atoms with Gasteiger partial charge in [-0.15, -0.1) is 0 Å². The Kier molecular flexibility index (Phi) is 3.82. The molecule has 94 valence electrons. The lowest BCUT2D eigenvalue weighted by molar-refractivity contribution is -0.141. The van der Waals surface area contributed by atoms with E-state index in [1.165, 1.54) is 5.56 Å². The average molecular weight is 236 g/mol. The summed E-state index contributed by atoms with van der Waals surface area (Å²) in [5, 5.41) is 9.32. The van der Waals surface area contributed by atoms with Crippen LogP contribution >= 0.6 is 0 Å². The Balaban J connectivity index is 2.49. The normalized spacial score (nSPS) is 27.8. The standard InChI is InChI=1S/C14H20O3/c1-16-13-8-7-11-5-3-4-6-12(11)14(13,17-2)9-10-15/h3-6,13,15H,7-10H2,1-2H3/t13-,14+/m0/s1. The van der Waals surface area contributed by atoms with Crippen molar-refractivity contribution in [1.29, 1.82) is 0 Å². The molecule has 0 radical (unpaired) electrons. The van der Waals surface area contributed by atoms with E-state index >= 15 is 0 Å². The number of methoxy groups -OCH3 is 2. The molecular formula is C14H20O3. The van der Waals surface area contributed by atoms with Gasteiger partial charge in [-0.25, -0.2) is 0 Å². The van der Waals surface area contributed by atoms with Gasteiger partial charge in [-0.2, -0.15) is 0 Å². The Morgan fingerprint density at radius 1 is 1.35 bits per heavy atom. The zero-order valence-corrected chi connectivity index (χ0v) is 10.5. The minimum atomic E-state index is -0.502. The van der Waals surface area contributed by atoms with Crippen LogP contribution in [0.25, 0.3) is 0 Å². The van der Waals surface area contributed by atoms with Gasteiger partial charge in [0.05, 0.1) is 6.10 Å². The van der Waals surface area contributed by atoms with E-state index < -0.39 is 5.60 Å². The van der Waals surface area contributed by atoms with Gasteiger partial charge in [0.2, 0.25) is 0 Å². The van der Waals surface area contributed by atoms with E-state index in [2.05, 4.69) is 12.1 Å². The molecule has 3 nitrogen and oxygen atoms in total. The van der Waals surface area contributed by atoms with Crippen LogP contribution in [0, 0.1) is 0 Å². The molecular weight excluding hydrogens is 216 g/mol. The molecule has 1 aromatic carbocycles. The van der Waals surface area contributed by atoms with E-state index in [0.29, 0.717) is 6.42 Å². The number of hydrogen-bond acceptors (Lipinski definition) is 3. The molecule has 0 bridgehead atoms. The maximum atomic E-state index is 9.32. The molecule has 1 aromatic rings. The van der Waals surface area contributed by atoms with Gasteiger partial charge in [0, 0.05) is 27.2 Å². The summed E-state index contributed by atoms with van der Waals surface area (Å²) in [7, 11) is 3.41. The molecule has 0 spiro atoms. The first-order valence-electron chi connectivity index (χ1n) is 6.05. The molecule has 1 aliphatic carbocycles. The molecule has 1 aliphatic rings. The number of aryl methyl sites for hydroxylation is 1. The minimum absolute atomic E-state index is 0.00884. The first kappa shape index (κ1) is 12.6. The van der Waals surface area contributed by atoms with Crippen molar-refractivity contribution in [2.24, 2.45) is 0 Å². The quantitative estimate of drug-likeness (QED) is 0.867. The van der Waals surface area contributed by atoms with E-state index in [0.717, 1.165) is 18.4 Å². The molecule has 0 saturated carbocycles. The predicted molar refractivity (Wildman–Crippen MR) is 65.9 cm³/mol. The van der Waals surface area contributed by atoms with Crippen molar-refractivity contribution in [2.75, 3.05) is 20.8 Å². The summed E-state index contributed by atoms with van der Waals surface area (Å²) >= 11 is 0. The second-order valence-electron chi connectivity index (χ2n) is 4.49. The summed E-state index contributed by atoms with van der Waals surface area (Å²) in [5.41, 5.74) is 1.96. The highest BCUT2D eigenvalue weighted by Gasteiger charge is 2.44. The number of rotatable bonds is 4. The first-order chi connectivity index (χ1) is 8.28. The van der Waals surface area contributed by atoms with Crippen LogP contribution in [-0.4, -0.2) is 32.0 Å². The second kappa shape index (κ2) is 5.17. The Morgan fingerprint density at radius 3 is 2.76 bits per heavy atom. The van der Waals surface area contributed by atoms with Crippen LogP contribution < -0.4 is 0 Å². The molecule has 0 heterocycles. The van der Waals surface area contributed by atoms with Gasteiger partial charge in [-0.1, -0.05) is 24.3 Å². The number of benzene rings is 1. The number of ether oxygens (including phenoxy) is 2. The third-order valence-electron chi connectivity index (χ3n) is 3.80. The zero-order chi connectivity index (χ0) is 12.3. The smallest absolute Gasteiger partial charge is 0.121 e.